The van der Waals surface area contributed by atoms with Gasteiger partial charge in [0.25, 0.3) is 5.91 Å². The summed E-state index contributed by atoms with van der Waals surface area (Å²) in [5, 5.41) is 17.3. The predicted molar refractivity (Wildman–Crippen MR) is 210 cm³/mol. The van der Waals surface area contributed by atoms with Crippen molar-refractivity contribution in [2.24, 2.45) is 7.05 Å². The Bertz CT molecular complexity index is 2400. The van der Waals surface area contributed by atoms with Crippen LogP contribution in [0.15, 0.2) is 54.6 Å². The van der Waals surface area contributed by atoms with Gasteiger partial charge in [0.2, 0.25) is 0 Å². The molecule has 0 bridgehead atoms. The van der Waals surface area contributed by atoms with Crippen molar-refractivity contribution in [3.05, 3.63) is 99.1 Å². The number of amides is 1. The van der Waals surface area contributed by atoms with Crippen LogP contribution >= 0.6 is 23.2 Å². The van der Waals surface area contributed by atoms with E-state index >= 15 is 4.79 Å². The third-order valence-corrected chi connectivity index (χ3v) is 11.7. The first kappa shape index (κ1) is 36.6. The molecule has 3 aromatic heterocycles. The van der Waals surface area contributed by atoms with Crippen LogP contribution in [-0.2, 0) is 24.8 Å². The Morgan fingerprint density at radius 1 is 1.00 bits per heavy atom. The lowest BCUT2D eigenvalue weighted by molar-refractivity contribution is 0.0683. The fourth-order valence-corrected chi connectivity index (χ4v) is 8.43. The van der Waals surface area contributed by atoms with Gasteiger partial charge in [-0.05, 0) is 88.4 Å². The Labute approximate surface area is 318 Å². The van der Waals surface area contributed by atoms with Crippen LogP contribution in [0.25, 0.3) is 32.9 Å². The molecule has 0 fully saturated rings. The summed E-state index contributed by atoms with van der Waals surface area (Å²) < 4.78 is 17.3. The van der Waals surface area contributed by atoms with E-state index in [0.717, 1.165) is 60.9 Å². The van der Waals surface area contributed by atoms with Crippen LogP contribution in [0, 0.1) is 27.7 Å². The zero-order valence-electron chi connectivity index (χ0n) is 31.0. The van der Waals surface area contributed by atoms with E-state index in [2.05, 4.69) is 23.6 Å². The number of nitrogens with zero attached hydrogens (tertiary/aromatic N) is 5. The molecule has 53 heavy (non-hydrogen) atoms. The second kappa shape index (κ2) is 14.2. The SMILES string of the molecule is COCCn1c(C(=O)O)cc2cccc(N3C(=O)c4c(CCCOc5cc(C)c(Cl)c(C)c5)c5cccc(-c6c(C)nn(C)c6C)c5n4[C@H](C)C3Cl)c21. The van der Waals surface area contributed by atoms with Gasteiger partial charge in [0.1, 0.15) is 22.6 Å². The number of carboxylic acid groups (broad SMARTS) is 1. The largest absolute Gasteiger partial charge is 0.494 e. The molecule has 12 heteroatoms. The molecule has 276 valence electrons. The molecule has 4 heterocycles. The van der Waals surface area contributed by atoms with Crippen molar-refractivity contribution in [2.75, 3.05) is 25.2 Å². The molecule has 0 radical (unpaired) electrons. The Hall–Kier alpha value is -4.77. The number of ether oxygens (including phenoxy) is 2. The third kappa shape index (κ3) is 6.06. The number of rotatable bonds is 11. The molecule has 6 aromatic rings. The van der Waals surface area contributed by atoms with Crippen molar-refractivity contribution in [2.45, 2.75) is 65.5 Å². The summed E-state index contributed by atoms with van der Waals surface area (Å²) in [5.74, 6) is -0.566. The van der Waals surface area contributed by atoms with Gasteiger partial charge in [-0.1, -0.05) is 53.5 Å². The smallest absolute Gasteiger partial charge is 0.352 e. The molecule has 10 nitrogen and oxygen atoms in total. The number of carboxylic acids is 1. The maximum atomic E-state index is 15.2. The average Bonchev–Trinajstić information content (AvgIpc) is 3.75. The Balaban J connectivity index is 1.39. The number of hydrogen-bond acceptors (Lipinski definition) is 5. The van der Waals surface area contributed by atoms with E-state index in [1.54, 1.807) is 22.6 Å². The highest BCUT2D eigenvalue weighted by Gasteiger charge is 2.42. The number of para-hydroxylation sites is 2. The van der Waals surface area contributed by atoms with Crippen molar-refractivity contribution < 1.29 is 24.2 Å². The van der Waals surface area contributed by atoms with Crippen LogP contribution in [0.5, 0.6) is 5.75 Å². The number of aromatic nitrogens is 4. The molecule has 1 aliphatic rings. The topological polar surface area (TPSA) is 104 Å². The predicted octanol–water partition coefficient (Wildman–Crippen LogP) is 9.03. The number of fused-ring (bicyclic) bond motifs is 4. The lowest BCUT2D eigenvalue weighted by atomic mass is 9.98. The fourth-order valence-electron chi connectivity index (χ4n) is 8.02. The van der Waals surface area contributed by atoms with Crippen molar-refractivity contribution in [3.8, 4) is 16.9 Å². The van der Waals surface area contributed by atoms with Gasteiger partial charge in [0.05, 0.1) is 41.7 Å². The quantitative estimate of drug-likeness (QED) is 0.0805. The van der Waals surface area contributed by atoms with E-state index in [4.69, 9.17) is 37.8 Å². The normalized spacial score (nSPS) is 15.9. The zero-order chi connectivity index (χ0) is 37.9. The summed E-state index contributed by atoms with van der Waals surface area (Å²) in [6, 6.07) is 16.9. The van der Waals surface area contributed by atoms with Gasteiger partial charge in [0, 0.05) is 53.3 Å². The lowest BCUT2D eigenvalue weighted by Crippen LogP contribution is -2.48. The molecule has 1 aliphatic heterocycles. The third-order valence-electron chi connectivity index (χ3n) is 10.5. The number of aryl methyl sites for hydroxylation is 5. The molecule has 7 rings (SSSR count). The number of anilines is 1. The Morgan fingerprint density at radius 3 is 2.38 bits per heavy atom. The van der Waals surface area contributed by atoms with Crippen LogP contribution in [0.3, 0.4) is 0 Å². The standard InChI is InChI=1S/C41H43Cl2N5O5/c1-22-19-28(20-23(2)35(22)42)53-17-10-14-30-29-12-9-13-31(34-24(3)44-45(6)25(34)4)37(29)47-26(5)39(43)48(40(49)38(30)47)32-15-8-11-27-21-33(41(50)51)46(36(27)32)16-18-52-7/h8-9,11-13,15,19-21,26,39H,10,14,16-18H2,1-7H3,(H,50,51)/t26-,39?/m1/s1. The van der Waals surface area contributed by atoms with Crippen molar-refractivity contribution in [3.63, 3.8) is 0 Å². The van der Waals surface area contributed by atoms with Crippen LogP contribution in [-0.4, -0.2) is 61.7 Å². The summed E-state index contributed by atoms with van der Waals surface area (Å²) in [6.07, 6.45) is 1.21. The van der Waals surface area contributed by atoms with Gasteiger partial charge >= 0.3 is 5.97 Å². The molecule has 0 aliphatic carbocycles. The molecular weight excluding hydrogens is 713 g/mol. The van der Waals surface area contributed by atoms with Gasteiger partial charge in [-0.3, -0.25) is 14.4 Å². The first-order valence-corrected chi connectivity index (χ1v) is 18.5. The highest BCUT2D eigenvalue weighted by atomic mass is 35.5. The van der Waals surface area contributed by atoms with Crippen LogP contribution in [0.2, 0.25) is 5.02 Å². The van der Waals surface area contributed by atoms with Crippen LogP contribution in [0.1, 0.15) is 68.4 Å². The Morgan fingerprint density at radius 2 is 1.72 bits per heavy atom. The summed E-state index contributed by atoms with van der Waals surface area (Å²) >= 11 is 13.8. The highest BCUT2D eigenvalue weighted by molar-refractivity contribution is 6.32. The second-order valence-corrected chi connectivity index (χ2v) is 14.7. The Kier molecular flexibility index (Phi) is 9.82. The average molecular weight is 757 g/mol. The van der Waals surface area contributed by atoms with E-state index < -0.39 is 11.5 Å². The number of benzene rings is 3. The number of methoxy groups -OCH3 is 1. The number of aromatic carboxylic acids is 1. The maximum absolute atomic E-state index is 15.2. The minimum Gasteiger partial charge on any atom is -0.494 e. The van der Waals surface area contributed by atoms with Gasteiger partial charge in [-0.2, -0.15) is 5.10 Å². The first-order chi connectivity index (χ1) is 25.3. The summed E-state index contributed by atoms with van der Waals surface area (Å²) in [5.41, 5.74) is 8.70. The fraction of sp³-hybridized carbons (Fsp3) is 0.341. The van der Waals surface area contributed by atoms with E-state index in [1.165, 1.54) is 0 Å². The van der Waals surface area contributed by atoms with Crippen molar-refractivity contribution in [1.82, 2.24) is 18.9 Å². The van der Waals surface area contributed by atoms with Gasteiger partial charge in [0.15, 0.2) is 0 Å². The summed E-state index contributed by atoms with van der Waals surface area (Å²) in [6.45, 7) is 11.0. The molecular formula is C41H43Cl2N5O5. The molecule has 1 N–H and O–H groups in total. The molecule has 1 amide bonds. The van der Waals surface area contributed by atoms with Crippen LogP contribution < -0.4 is 9.64 Å². The number of hydrogen-bond donors (Lipinski definition) is 1. The number of carbonyl (C=O) groups is 2. The first-order valence-electron chi connectivity index (χ1n) is 17.7. The lowest BCUT2D eigenvalue weighted by Gasteiger charge is -2.39. The molecule has 3 aromatic carbocycles. The molecule has 0 spiro atoms. The van der Waals surface area contributed by atoms with E-state index in [1.807, 2.05) is 75.8 Å². The van der Waals surface area contributed by atoms with Gasteiger partial charge in [-0.15, -0.1) is 0 Å². The van der Waals surface area contributed by atoms with E-state index in [-0.39, 0.29) is 24.2 Å². The maximum Gasteiger partial charge on any atom is 0.352 e. The highest BCUT2D eigenvalue weighted by Crippen LogP contribution is 2.46. The van der Waals surface area contributed by atoms with Crippen molar-refractivity contribution >= 4 is 62.6 Å². The van der Waals surface area contributed by atoms with Crippen LogP contribution in [0.4, 0.5) is 5.69 Å². The molecule has 2 atom stereocenters. The monoisotopic (exact) mass is 755 g/mol. The number of halogens is 2. The minimum absolute atomic E-state index is 0.112. The van der Waals surface area contributed by atoms with Gasteiger partial charge in [-0.25, -0.2) is 4.79 Å². The summed E-state index contributed by atoms with van der Waals surface area (Å²) in [4.78, 5) is 29.3. The van der Waals surface area contributed by atoms with E-state index in [0.29, 0.717) is 48.3 Å². The number of carbonyl (C=O) groups excluding carboxylic acids is 1. The number of alkyl halides is 1. The summed E-state index contributed by atoms with van der Waals surface area (Å²) in [7, 11) is 3.51. The van der Waals surface area contributed by atoms with Crippen molar-refractivity contribution in [1.29, 1.82) is 0 Å². The molecule has 1 unspecified atom stereocenters. The zero-order valence-corrected chi connectivity index (χ0v) is 32.5. The van der Waals surface area contributed by atoms with Gasteiger partial charge < -0.3 is 23.7 Å². The minimum atomic E-state index is -1.06. The molecule has 0 saturated carbocycles. The second-order valence-electron chi connectivity index (χ2n) is 13.9. The molecule has 0 saturated heterocycles. The van der Waals surface area contributed by atoms with E-state index in [9.17, 15) is 9.90 Å².